The Morgan fingerprint density at radius 1 is 1.38 bits per heavy atom. The number of hydrazone groups is 1. The van der Waals surface area contributed by atoms with Crippen LogP contribution in [-0.4, -0.2) is 23.3 Å². The fourth-order valence-corrected chi connectivity index (χ4v) is 1.82. The molecule has 0 radical (unpaired) electrons. The molecule has 0 saturated carbocycles. The van der Waals surface area contributed by atoms with Crippen LogP contribution in [-0.2, 0) is 11.8 Å². The molecule has 2 aromatic rings. The quantitative estimate of drug-likeness (QED) is 0.676. The van der Waals surface area contributed by atoms with Crippen LogP contribution in [0.1, 0.15) is 16.8 Å². The Morgan fingerprint density at radius 2 is 2.19 bits per heavy atom. The number of hydrogen-bond donors (Lipinski definition) is 1. The summed E-state index contributed by atoms with van der Waals surface area (Å²) in [6, 6.07) is 9.70. The fourth-order valence-electron chi connectivity index (χ4n) is 1.82. The number of amides is 1. The minimum atomic E-state index is -0.290. The lowest BCUT2D eigenvalue weighted by atomic mass is 10.1. The van der Waals surface area contributed by atoms with E-state index in [0.29, 0.717) is 0 Å². The molecular weight excluding hydrogens is 266 g/mol. The summed E-state index contributed by atoms with van der Waals surface area (Å²) in [5.74, 6) is 0.429. The SMILES string of the molecule is Cc1ccc(C)c(OCC(=O)N/N=C\c2cccn2C)c1. The molecule has 0 aliphatic heterocycles. The standard InChI is InChI=1S/C16H19N3O2/c1-12-6-7-13(2)15(9-12)21-11-16(20)18-17-10-14-5-4-8-19(14)3/h4-10H,11H2,1-3H3,(H,18,20)/b17-10-. The van der Waals surface area contributed by atoms with Crippen LogP contribution in [0.25, 0.3) is 0 Å². The van der Waals surface area contributed by atoms with E-state index in [9.17, 15) is 4.79 Å². The fraction of sp³-hybridized carbons (Fsp3) is 0.250. The summed E-state index contributed by atoms with van der Waals surface area (Å²) in [4.78, 5) is 11.7. The average molecular weight is 285 g/mol. The highest BCUT2D eigenvalue weighted by Gasteiger charge is 2.04. The highest BCUT2D eigenvalue weighted by atomic mass is 16.5. The van der Waals surface area contributed by atoms with Crippen LogP contribution >= 0.6 is 0 Å². The summed E-state index contributed by atoms with van der Waals surface area (Å²) in [5, 5.41) is 3.90. The lowest BCUT2D eigenvalue weighted by molar-refractivity contribution is -0.123. The molecule has 0 atom stereocenters. The molecule has 5 nitrogen and oxygen atoms in total. The molecule has 0 aliphatic carbocycles. The number of rotatable bonds is 5. The number of nitrogens with one attached hydrogen (secondary N) is 1. The second kappa shape index (κ2) is 6.74. The molecule has 2 rings (SSSR count). The van der Waals surface area contributed by atoms with Gasteiger partial charge in [-0.3, -0.25) is 4.79 Å². The molecule has 110 valence electrons. The molecule has 0 bridgehead atoms. The second-order valence-corrected chi connectivity index (χ2v) is 4.89. The van der Waals surface area contributed by atoms with Crippen LogP contribution in [0.15, 0.2) is 41.6 Å². The van der Waals surface area contributed by atoms with Gasteiger partial charge in [0.2, 0.25) is 0 Å². The van der Waals surface area contributed by atoms with Crippen molar-refractivity contribution in [1.82, 2.24) is 9.99 Å². The summed E-state index contributed by atoms with van der Waals surface area (Å²) in [6.07, 6.45) is 3.50. The Kier molecular flexibility index (Phi) is 4.77. The molecule has 0 spiro atoms. The van der Waals surface area contributed by atoms with Crippen molar-refractivity contribution in [2.24, 2.45) is 12.1 Å². The Balaban J connectivity index is 1.84. The largest absolute Gasteiger partial charge is 0.483 e. The monoisotopic (exact) mass is 285 g/mol. The van der Waals surface area contributed by atoms with E-state index in [0.717, 1.165) is 22.6 Å². The van der Waals surface area contributed by atoms with Gasteiger partial charge in [-0.25, -0.2) is 5.43 Å². The summed E-state index contributed by atoms with van der Waals surface area (Å²) < 4.78 is 7.40. The van der Waals surface area contributed by atoms with Crippen LogP contribution in [0.3, 0.4) is 0 Å². The van der Waals surface area contributed by atoms with Crippen molar-refractivity contribution in [3.05, 3.63) is 53.3 Å². The third kappa shape index (κ3) is 4.21. The molecule has 0 aliphatic rings. The molecule has 0 fully saturated rings. The molecular formula is C16H19N3O2. The second-order valence-electron chi connectivity index (χ2n) is 4.89. The van der Waals surface area contributed by atoms with E-state index in [4.69, 9.17) is 4.74 Å². The predicted molar refractivity (Wildman–Crippen MR) is 82.6 cm³/mol. The number of nitrogens with zero attached hydrogens (tertiary/aromatic N) is 2. The van der Waals surface area contributed by atoms with Crippen molar-refractivity contribution >= 4 is 12.1 Å². The summed E-state index contributed by atoms with van der Waals surface area (Å²) >= 11 is 0. The Bertz CT molecular complexity index is 659. The van der Waals surface area contributed by atoms with Gasteiger partial charge in [-0.05, 0) is 43.2 Å². The van der Waals surface area contributed by atoms with Gasteiger partial charge in [0.25, 0.3) is 5.91 Å². The highest BCUT2D eigenvalue weighted by Crippen LogP contribution is 2.18. The predicted octanol–water partition coefficient (Wildman–Crippen LogP) is 2.17. The third-order valence-corrected chi connectivity index (χ3v) is 3.07. The van der Waals surface area contributed by atoms with E-state index in [2.05, 4.69) is 10.5 Å². The van der Waals surface area contributed by atoms with Gasteiger partial charge in [-0.2, -0.15) is 5.10 Å². The topological polar surface area (TPSA) is 55.6 Å². The van der Waals surface area contributed by atoms with Crippen molar-refractivity contribution in [3.8, 4) is 5.75 Å². The minimum Gasteiger partial charge on any atom is -0.483 e. The zero-order chi connectivity index (χ0) is 15.2. The maximum atomic E-state index is 11.7. The van der Waals surface area contributed by atoms with Crippen molar-refractivity contribution in [2.75, 3.05) is 6.61 Å². The van der Waals surface area contributed by atoms with E-state index in [1.54, 1.807) is 6.21 Å². The number of aryl methyl sites for hydroxylation is 3. The van der Waals surface area contributed by atoms with Gasteiger partial charge in [0.05, 0.1) is 11.9 Å². The molecule has 1 heterocycles. The number of benzene rings is 1. The number of aromatic nitrogens is 1. The molecule has 5 heteroatoms. The third-order valence-electron chi connectivity index (χ3n) is 3.07. The van der Waals surface area contributed by atoms with E-state index in [1.165, 1.54) is 0 Å². The molecule has 1 N–H and O–H groups in total. The number of ether oxygens (including phenoxy) is 1. The zero-order valence-corrected chi connectivity index (χ0v) is 12.5. The Hall–Kier alpha value is -2.56. The van der Waals surface area contributed by atoms with Crippen molar-refractivity contribution in [3.63, 3.8) is 0 Å². The van der Waals surface area contributed by atoms with Crippen LogP contribution in [0.4, 0.5) is 0 Å². The van der Waals surface area contributed by atoms with Gasteiger partial charge in [-0.1, -0.05) is 12.1 Å². The van der Waals surface area contributed by atoms with Gasteiger partial charge in [0, 0.05) is 13.2 Å². The van der Waals surface area contributed by atoms with Crippen LogP contribution < -0.4 is 10.2 Å². The summed E-state index contributed by atoms with van der Waals surface area (Å²) in [7, 11) is 1.91. The first-order valence-electron chi connectivity index (χ1n) is 6.69. The van der Waals surface area contributed by atoms with E-state index < -0.39 is 0 Å². The maximum absolute atomic E-state index is 11.7. The van der Waals surface area contributed by atoms with Crippen molar-refractivity contribution < 1.29 is 9.53 Å². The Morgan fingerprint density at radius 3 is 2.90 bits per heavy atom. The summed E-state index contributed by atoms with van der Waals surface area (Å²) in [5.41, 5.74) is 5.45. The number of hydrogen-bond acceptors (Lipinski definition) is 3. The van der Waals surface area contributed by atoms with E-state index in [1.807, 2.05) is 62.0 Å². The number of carbonyl (C=O) groups is 1. The first kappa shape index (κ1) is 14.8. The van der Waals surface area contributed by atoms with Gasteiger partial charge in [-0.15, -0.1) is 0 Å². The van der Waals surface area contributed by atoms with E-state index >= 15 is 0 Å². The molecule has 21 heavy (non-hydrogen) atoms. The smallest absolute Gasteiger partial charge is 0.277 e. The summed E-state index contributed by atoms with van der Waals surface area (Å²) in [6.45, 7) is 3.87. The first-order valence-corrected chi connectivity index (χ1v) is 6.69. The Labute approximate surface area is 124 Å². The lowest BCUT2D eigenvalue weighted by Gasteiger charge is -2.08. The van der Waals surface area contributed by atoms with Crippen molar-refractivity contribution in [1.29, 1.82) is 0 Å². The van der Waals surface area contributed by atoms with Crippen molar-refractivity contribution in [2.45, 2.75) is 13.8 Å². The molecule has 0 unspecified atom stereocenters. The van der Waals surface area contributed by atoms with Gasteiger partial charge >= 0.3 is 0 Å². The zero-order valence-electron chi connectivity index (χ0n) is 12.5. The van der Waals surface area contributed by atoms with Crippen LogP contribution in [0.5, 0.6) is 5.75 Å². The van der Waals surface area contributed by atoms with Gasteiger partial charge < -0.3 is 9.30 Å². The van der Waals surface area contributed by atoms with Gasteiger partial charge in [0.1, 0.15) is 5.75 Å². The van der Waals surface area contributed by atoms with Gasteiger partial charge in [0.15, 0.2) is 6.61 Å². The van der Waals surface area contributed by atoms with E-state index in [-0.39, 0.29) is 12.5 Å². The molecule has 1 amide bonds. The first-order chi connectivity index (χ1) is 10.1. The van der Waals surface area contributed by atoms with Crippen LogP contribution in [0, 0.1) is 13.8 Å². The minimum absolute atomic E-state index is 0.0607. The number of carbonyl (C=O) groups excluding carboxylic acids is 1. The van der Waals surface area contributed by atoms with Crippen LogP contribution in [0.2, 0.25) is 0 Å². The molecule has 1 aromatic heterocycles. The molecule has 1 aromatic carbocycles. The molecule has 0 saturated heterocycles. The normalized spacial score (nSPS) is 10.8. The average Bonchev–Trinajstić information content (AvgIpc) is 2.85. The maximum Gasteiger partial charge on any atom is 0.277 e. The lowest BCUT2D eigenvalue weighted by Crippen LogP contribution is -2.24. The highest BCUT2D eigenvalue weighted by molar-refractivity contribution is 5.81.